The molecule has 0 aliphatic heterocycles. The third kappa shape index (κ3) is 3.32. The van der Waals surface area contributed by atoms with Gasteiger partial charge in [0.2, 0.25) is 10.0 Å². The van der Waals surface area contributed by atoms with Gasteiger partial charge < -0.3 is 11.1 Å². The Kier molecular flexibility index (Phi) is 4.03. The quantitative estimate of drug-likeness (QED) is 0.747. The molecule has 7 heteroatoms. The molecule has 5 N–H and O–H groups in total. The van der Waals surface area contributed by atoms with Crippen molar-refractivity contribution in [1.82, 2.24) is 0 Å². The van der Waals surface area contributed by atoms with Gasteiger partial charge in [-0.1, -0.05) is 24.4 Å². The SMILES string of the molecule is NC(=S)c1ccccc1Nc1ccc(S(N)(=O)=O)cc1. The summed E-state index contributed by atoms with van der Waals surface area (Å²) in [4.78, 5) is 0.347. The third-order valence-electron chi connectivity index (χ3n) is 2.65. The summed E-state index contributed by atoms with van der Waals surface area (Å²) in [5.41, 5.74) is 7.83. The van der Waals surface area contributed by atoms with Gasteiger partial charge in [-0.05, 0) is 36.4 Å². The Morgan fingerprint density at radius 3 is 2.20 bits per heavy atom. The van der Waals surface area contributed by atoms with Crippen molar-refractivity contribution in [3.05, 3.63) is 54.1 Å². The molecule has 0 saturated carbocycles. The lowest BCUT2D eigenvalue weighted by atomic mass is 10.1. The number of thiocarbonyl (C=S) groups is 1. The molecule has 2 rings (SSSR count). The molecular weight excluding hydrogens is 294 g/mol. The van der Waals surface area contributed by atoms with E-state index in [1.807, 2.05) is 24.3 Å². The van der Waals surface area contributed by atoms with Crippen molar-refractivity contribution in [2.24, 2.45) is 10.9 Å². The molecule has 20 heavy (non-hydrogen) atoms. The highest BCUT2D eigenvalue weighted by Crippen LogP contribution is 2.21. The molecule has 0 bridgehead atoms. The van der Waals surface area contributed by atoms with Crippen LogP contribution < -0.4 is 16.2 Å². The zero-order chi connectivity index (χ0) is 14.8. The summed E-state index contributed by atoms with van der Waals surface area (Å²) in [7, 11) is -3.68. The van der Waals surface area contributed by atoms with E-state index in [1.165, 1.54) is 12.1 Å². The zero-order valence-corrected chi connectivity index (χ0v) is 12.0. The Bertz CT molecular complexity index is 740. The smallest absolute Gasteiger partial charge is 0.238 e. The van der Waals surface area contributed by atoms with Crippen LogP contribution in [0.3, 0.4) is 0 Å². The van der Waals surface area contributed by atoms with Crippen molar-refractivity contribution in [1.29, 1.82) is 0 Å². The maximum Gasteiger partial charge on any atom is 0.238 e. The van der Waals surface area contributed by atoms with Gasteiger partial charge in [-0.25, -0.2) is 13.6 Å². The molecule has 0 aromatic heterocycles. The van der Waals surface area contributed by atoms with Crippen LogP contribution in [0.1, 0.15) is 5.56 Å². The van der Waals surface area contributed by atoms with Crippen LogP contribution >= 0.6 is 12.2 Å². The van der Waals surface area contributed by atoms with Crippen LogP contribution in [0.4, 0.5) is 11.4 Å². The van der Waals surface area contributed by atoms with E-state index < -0.39 is 10.0 Å². The minimum absolute atomic E-state index is 0.0608. The lowest BCUT2D eigenvalue weighted by Gasteiger charge is -2.11. The van der Waals surface area contributed by atoms with Gasteiger partial charge in [-0.15, -0.1) is 0 Å². The predicted molar refractivity (Wildman–Crippen MR) is 83.4 cm³/mol. The number of anilines is 2. The molecule has 0 aliphatic rings. The number of benzene rings is 2. The molecule has 0 aliphatic carbocycles. The highest BCUT2D eigenvalue weighted by Gasteiger charge is 2.08. The van der Waals surface area contributed by atoms with E-state index in [9.17, 15) is 8.42 Å². The highest BCUT2D eigenvalue weighted by molar-refractivity contribution is 7.89. The topological polar surface area (TPSA) is 98.2 Å². The minimum Gasteiger partial charge on any atom is -0.389 e. The number of nitrogens with two attached hydrogens (primary N) is 2. The monoisotopic (exact) mass is 307 g/mol. The molecule has 5 nitrogen and oxygen atoms in total. The summed E-state index contributed by atoms with van der Waals surface area (Å²) in [6.45, 7) is 0. The van der Waals surface area contributed by atoms with Crippen molar-refractivity contribution in [3.63, 3.8) is 0 Å². The number of rotatable bonds is 4. The molecule has 0 fully saturated rings. The standard InChI is InChI=1S/C13H13N3O2S2/c14-13(19)11-3-1-2-4-12(11)16-9-5-7-10(8-6-9)20(15,17)18/h1-8,16H,(H2,14,19)(H2,15,17,18). The number of nitrogens with one attached hydrogen (secondary N) is 1. The lowest BCUT2D eigenvalue weighted by molar-refractivity contribution is 0.598. The van der Waals surface area contributed by atoms with Gasteiger partial charge in [0.15, 0.2) is 0 Å². The molecule has 0 unspecified atom stereocenters. The van der Waals surface area contributed by atoms with Crippen LogP contribution in [0.2, 0.25) is 0 Å². The van der Waals surface area contributed by atoms with Crippen LogP contribution in [0, 0.1) is 0 Å². The van der Waals surface area contributed by atoms with Gasteiger partial charge in [0.25, 0.3) is 0 Å². The zero-order valence-electron chi connectivity index (χ0n) is 10.4. The second-order valence-electron chi connectivity index (χ2n) is 4.10. The summed E-state index contributed by atoms with van der Waals surface area (Å²) in [6, 6.07) is 13.4. The average Bonchev–Trinajstić information content (AvgIpc) is 2.38. The molecule has 0 amide bonds. The molecule has 0 spiro atoms. The van der Waals surface area contributed by atoms with E-state index in [2.05, 4.69) is 5.32 Å². The second kappa shape index (κ2) is 5.58. The Labute approximate surface area is 122 Å². The van der Waals surface area contributed by atoms with Gasteiger partial charge in [-0.2, -0.15) is 0 Å². The van der Waals surface area contributed by atoms with Gasteiger partial charge in [0, 0.05) is 16.9 Å². The number of hydrogen-bond donors (Lipinski definition) is 3. The summed E-state index contributed by atoms with van der Waals surface area (Å²) in [6.07, 6.45) is 0. The van der Waals surface area contributed by atoms with Crippen molar-refractivity contribution < 1.29 is 8.42 Å². The number of para-hydroxylation sites is 1. The van der Waals surface area contributed by atoms with Gasteiger partial charge in [0.05, 0.1) is 4.90 Å². The van der Waals surface area contributed by atoms with E-state index in [0.29, 0.717) is 5.69 Å². The van der Waals surface area contributed by atoms with Crippen molar-refractivity contribution in [2.45, 2.75) is 4.90 Å². The Hall–Kier alpha value is -1.96. The Balaban J connectivity index is 2.30. The second-order valence-corrected chi connectivity index (χ2v) is 6.11. The first-order chi connectivity index (χ1) is 9.38. The fourth-order valence-electron chi connectivity index (χ4n) is 1.69. The van der Waals surface area contributed by atoms with Gasteiger partial charge in [-0.3, -0.25) is 0 Å². The number of primary sulfonamides is 1. The van der Waals surface area contributed by atoms with Crippen LogP contribution in [-0.2, 0) is 10.0 Å². The Morgan fingerprint density at radius 2 is 1.65 bits per heavy atom. The summed E-state index contributed by atoms with van der Waals surface area (Å²) in [5.74, 6) is 0. The van der Waals surface area contributed by atoms with E-state index >= 15 is 0 Å². The molecule has 2 aromatic rings. The van der Waals surface area contributed by atoms with Gasteiger partial charge >= 0.3 is 0 Å². The fourth-order valence-corrected chi connectivity index (χ4v) is 2.38. The van der Waals surface area contributed by atoms with Crippen molar-refractivity contribution >= 4 is 38.6 Å². The molecule has 0 radical (unpaired) electrons. The number of hydrogen-bond acceptors (Lipinski definition) is 4. The van der Waals surface area contributed by atoms with Crippen molar-refractivity contribution in [2.75, 3.05) is 5.32 Å². The average molecular weight is 307 g/mol. The maximum atomic E-state index is 11.2. The predicted octanol–water partition coefficient (Wildman–Crippen LogP) is 1.71. The van der Waals surface area contributed by atoms with Crippen LogP contribution in [0.15, 0.2) is 53.4 Å². The molecule has 2 aromatic carbocycles. The first-order valence-corrected chi connectivity index (χ1v) is 7.62. The van der Waals surface area contributed by atoms with E-state index in [1.54, 1.807) is 12.1 Å². The van der Waals surface area contributed by atoms with Crippen LogP contribution in [-0.4, -0.2) is 13.4 Å². The van der Waals surface area contributed by atoms with E-state index in [-0.39, 0.29) is 9.88 Å². The van der Waals surface area contributed by atoms with Crippen LogP contribution in [0.5, 0.6) is 0 Å². The normalized spacial score (nSPS) is 11.1. The first kappa shape index (κ1) is 14.4. The molecular formula is C13H13N3O2S2. The minimum atomic E-state index is -3.68. The Morgan fingerprint density at radius 1 is 1.05 bits per heavy atom. The summed E-state index contributed by atoms with van der Waals surface area (Å²) < 4.78 is 22.3. The van der Waals surface area contributed by atoms with Crippen LogP contribution in [0.25, 0.3) is 0 Å². The fraction of sp³-hybridized carbons (Fsp3) is 0. The first-order valence-electron chi connectivity index (χ1n) is 5.66. The van der Waals surface area contributed by atoms with E-state index in [0.717, 1.165) is 11.3 Å². The molecule has 0 heterocycles. The summed E-state index contributed by atoms with van der Waals surface area (Å²) >= 11 is 4.98. The third-order valence-corrected chi connectivity index (χ3v) is 3.80. The highest BCUT2D eigenvalue weighted by atomic mass is 32.2. The maximum absolute atomic E-state index is 11.2. The largest absolute Gasteiger partial charge is 0.389 e. The van der Waals surface area contributed by atoms with Crippen molar-refractivity contribution in [3.8, 4) is 0 Å². The molecule has 0 atom stereocenters. The number of sulfonamides is 1. The lowest BCUT2D eigenvalue weighted by Crippen LogP contribution is -2.12. The summed E-state index contributed by atoms with van der Waals surface area (Å²) in [5, 5.41) is 8.17. The van der Waals surface area contributed by atoms with E-state index in [4.69, 9.17) is 23.1 Å². The van der Waals surface area contributed by atoms with Gasteiger partial charge in [0.1, 0.15) is 4.99 Å². The molecule has 0 saturated heterocycles. The molecule has 104 valence electrons.